The fraction of sp³-hybridized carbons (Fsp3) is 0.364. The van der Waals surface area contributed by atoms with Gasteiger partial charge in [-0.2, -0.15) is 0 Å². The Morgan fingerprint density at radius 3 is 2.72 bits per heavy atom. The summed E-state index contributed by atoms with van der Waals surface area (Å²) in [5.74, 6) is 0.981. The third-order valence-corrected chi connectivity index (χ3v) is 5.91. The topological polar surface area (TPSA) is 77.4 Å². The molecule has 1 amide bonds. The minimum atomic E-state index is -0.877. The Morgan fingerprint density at radius 1 is 1.21 bits per heavy atom. The van der Waals surface area contributed by atoms with Crippen LogP contribution >= 0.6 is 0 Å². The van der Waals surface area contributed by atoms with Gasteiger partial charge in [0.05, 0.1) is 25.0 Å². The number of amides is 1. The molecule has 1 saturated heterocycles. The summed E-state index contributed by atoms with van der Waals surface area (Å²) in [7, 11) is 0. The Balaban J connectivity index is 1.52. The van der Waals surface area contributed by atoms with Crippen LogP contribution in [-0.4, -0.2) is 72.6 Å². The van der Waals surface area contributed by atoms with E-state index in [4.69, 9.17) is 9.73 Å². The van der Waals surface area contributed by atoms with Gasteiger partial charge >= 0.3 is 6.09 Å². The number of ether oxygens (including phenoxy) is 1. The van der Waals surface area contributed by atoms with Crippen molar-refractivity contribution in [1.29, 1.82) is 0 Å². The minimum Gasteiger partial charge on any atom is -0.465 e. The van der Waals surface area contributed by atoms with Crippen LogP contribution in [0.2, 0.25) is 0 Å². The lowest BCUT2D eigenvalue weighted by Crippen LogP contribution is -2.37. The van der Waals surface area contributed by atoms with Crippen molar-refractivity contribution < 1.29 is 14.6 Å². The highest BCUT2D eigenvalue weighted by molar-refractivity contribution is 6.11. The van der Waals surface area contributed by atoms with E-state index in [1.54, 1.807) is 0 Å². The van der Waals surface area contributed by atoms with Crippen LogP contribution < -0.4 is 5.32 Å². The first-order valence-corrected chi connectivity index (χ1v) is 10.0. The highest BCUT2D eigenvalue weighted by Gasteiger charge is 2.35. The molecule has 4 heterocycles. The number of morpholine rings is 1. The van der Waals surface area contributed by atoms with Crippen LogP contribution in [0.4, 0.5) is 4.79 Å². The quantitative estimate of drug-likeness (QED) is 0.825. The van der Waals surface area contributed by atoms with E-state index in [2.05, 4.69) is 28.4 Å². The SMILES string of the molecule is O=C(O)N1CC=C(C2=C3C=C(N4CCOCC4)N=C3C(c3ccccc3)NC2)C1. The fourth-order valence-electron chi connectivity index (χ4n) is 4.36. The van der Waals surface area contributed by atoms with Gasteiger partial charge in [0, 0.05) is 38.3 Å². The molecule has 4 aliphatic heterocycles. The Kier molecular flexibility index (Phi) is 4.69. The molecule has 0 saturated carbocycles. The van der Waals surface area contributed by atoms with Gasteiger partial charge in [0.1, 0.15) is 5.82 Å². The molecule has 1 aromatic rings. The number of carbonyl (C=O) groups is 1. The first kappa shape index (κ1) is 18.1. The van der Waals surface area contributed by atoms with Crippen LogP contribution in [0.15, 0.2) is 70.0 Å². The Labute approximate surface area is 169 Å². The van der Waals surface area contributed by atoms with E-state index in [1.165, 1.54) is 10.5 Å². The summed E-state index contributed by atoms with van der Waals surface area (Å²) in [4.78, 5) is 20.1. The molecule has 0 aliphatic carbocycles. The van der Waals surface area contributed by atoms with E-state index < -0.39 is 6.09 Å². The predicted octanol–water partition coefficient (Wildman–Crippen LogP) is 2.18. The van der Waals surface area contributed by atoms with Crippen LogP contribution in [0.5, 0.6) is 0 Å². The summed E-state index contributed by atoms with van der Waals surface area (Å²) < 4.78 is 5.49. The first-order valence-electron chi connectivity index (χ1n) is 10.0. The molecule has 4 aliphatic rings. The number of benzene rings is 1. The molecule has 150 valence electrons. The number of hydrogen-bond donors (Lipinski definition) is 2. The molecule has 1 atom stereocenters. The second-order valence-electron chi connectivity index (χ2n) is 7.61. The molecule has 0 aromatic heterocycles. The van der Waals surface area contributed by atoms with Crippen LogP contribution in [0, 0.1) is 0 Å². The standard InChI is InChI=1S/C22H24N4O3/c27-22(28)26-7-6-16(14-26)18-13-23-20(15-4-2-1-3-5-15)21-17(18)12-19(24-21)25-8-10-29-11-9-25/h1-6,12,20,23H,7-11,13-14H2,(H,27,28). The van der Waals surface area contributed by atoms with Gasteiger partial charge in [0.15, 0.2) is 0 Å². The summed E-state index contributed by atoms with van der Waals surface area (Å²) in [5, 5.41) is 13.0. The highest BCUT2D eigenvalue weighted by Crippen LogP contribution is 2.36. The van der Waals surface area contributed by atoms with E-state index in [0.717, 1.165) is 41.3 Å². The zero-order chi connectivity index (χ0) is 19.8. The number of nitrogens with zero attached hydrogens (tertiary/aromatic N) is 3. The molecule has 0 spiro atoms. The summed E-state index contributed by atoms with van der Waals surface area (Å²) in [6.45, 7) is 4.67. The Bertz CT molecular complexity index is 942. The summed E-state index contributed by atoms with van der Waals surface area (Å²) in [5.41, 5.74) is 5.58. The number of rotatable bonds is 3. The highest BCUT2D eigenvalue weighted by atomic mass is 16.5. The van der Waals surface area contributed by atoms with Crippen molar-refractivity contribution in [2.24, 2.45) is 4.99 Å². The lowest BCUT2D eigenvalue weighted by Gasteiger charge is -2.29. The zero-order valence-electron chi connectivity index (χ0n) is 16.2. The molecule has 0 bridgehead atoms. The van der Waals surface area contributed by atoms with Crippen molar-refractivity contribution in [3.05, 3.63) is 70.6 Å². The molecule has 1 unspecified atom stereocenters. The molecule has 0 radical (unpaired) electrons. The molecule has 1 aromatic carbocycles. The molecule has 1 fully saturated rings. The molecular weight excluding hydrogens is 368 g/mol. The molecule has 7 heteroatoms. The lowest BCUT2D eigenvalue weighted by atomic mass is 9.87. The average molecular weight is 392 g/mol. The maximum atomic E-state index is 11.4. The first-order chi connectivity index (χ1) is 14.2. The molecule has 29 heavy (non-hydrogen) atoms. The van der Waals surface area contributed by atoms with Gasteiger partial charge in [-0.1, -0.05) is 36.4 Å². The molecule has 2 N–H and O–H groups in total. The van der Waals surface area contributed by atoms with Crippen molar-refractivity contribution in [3.63, 3.8) is 0 Å². The summed E-state index contributed by atoms with van der Waals surface area (Å²) in [6, 6.07) is 10.4. The normalized spacial score (nSPS) is 24.3. The smallest absolute Gasteiger partial charge is 0.407 e. The van der Waals surface area contributed by atoms with E-state index in [1.807, 2.05) is 24.3 Å². The molecule has 7 nitrogen and oxygen atoms in total. The van der Waals surface area contributed by atoms with Gasteiger partial charge in [0.25, 0.3) is 0 Å². The zero-order valence-corrected chi connectivity index (χ0v) is 16.2. The van der Waals surface area contributed by atoms with Crippen molar-refractivity contribution in [2.45, 2.75) is 6.04 Å². The van der Waals surface area contributed by atoms with Gasteiger partial charge in [0.2, 0.25) is 0 Å². The van der Waals surface area contributed by atoms with E-state index in [9.17, 15) is 9.90 Å². The van der Waals surface area contributed by atoms with Gasteiger partial charge in [-0.3, -0.25) is 0 Å². The number of hydrogen-bond acceptors (Lipinski definition) is 5. The molecule has 5 rings (SSSR count). The van der Waals surface area contributed by atoms with Gasteiger partial charge in [-0.05, 0) is 22.8 Å². The number of fused-ring (bicyclic) bond motifs is 1. The van der Waals surface area contributed by atoms with E-state index in [-0.39, 0.29) is 6.04 Å². The van der Waals surface area contributed by atoms with Crippen LogP contribution in [0.3, 0.4) is 0 Å². The fourth-order valence-corrected chi connectivity index (χ4v) is 4.36. The number of nitrogens with one attached hydrogen (secondary N) is 1. The third-order valence-electron chi connectivity index (χ3n) is 5.91. The second-order valence-corrected chi connectivity index (χ2v) is 7.61. The van der Waals surface area contributed by atoms with Gasteiger partial charge in [-0.15, -0.1) is 0 Å². The van der Waals surface area contributed by atoms with Crippen LogP contribution in [0.25, 0.3) is 0 Å². The van der Waals surface area contributed by atoms with Gasteiger partial charge in [-0.25, -0.2) is 9.79 Å². The summed E-state index contributed by atoms with van der Waals surface area (Å²) in [6.07, 6.45) is 3.33. The Hall–Kier alpha value is -2.90. The van der Waals surface area contributed by atoms with Crippen molar-refractivity contribution in [2.75, 3.05) is 45.9 Å². The van der Waals surface area contributed by atoms with E-state index in [0.29, 0.717) is 32.8 Å². The van der Waals surface area contributed by atoms with Crippen molar-refractivity contribution in [3.8, 4) is 0 Å². The number of allylic oxidation sites excluding steroid dienone is 1. The Morgan fingerprint density at radius 2 is 2.00 bits per heavy atom. The molecular formula is C22H24N4O3. The summed E-state index contributed by atoms with van der Waals surface area (Å²) >= 11 is 0. The van der Waals surface area contributed by atoms with E-state index >= 15 is 0 Å². The van der Waals surface area contributed by atoms with Crippen LogP contribution in [0.1, 0.15) is 11.6 Å². The maximum Gasteiger partial charge on any atom is 0.407 e. The lowest BCUT2D eigenvalue weighted by molar-refractivity contribution is 0.0533. The number of carboxylic acid groups (broad SMARTS) is 1. The van der Waals surface area contributed by atoms with Crippen LogP contribution in [-0.2, 0) is 4.74 Å². The maximum absolute atomic E-state index is 11.4. The number of aliphatic imine (C=N–C) groups is 1. The van der Waals surface area contributed by atoms with Gasteiger partial charge < -0.3 is 25.0 Å². The average Bonchev–Trinajstić information content (AvgIpc) is 3.42. The van der Waals surface area contributed by atoms with Crippen molar-refractivity contribution in [1.82, 2.24) is 15.1 Å². The predicted molar refractivity (Wildman–Crippen MR) is 110 cm³/mol. The monoisotopic (exact) mass is 392 g/mol. The van der Waals surface area contributed by atoms with Crippen molar-refractivity contribution >= 4 is 11.8 Å². The minimum absolute atomic E-state index is 0.0299. The second kappa shape index (κ2) is 7.50. The third kappa shape index (κ3) is 3.36. The largest absolute Gasteiger partial charge is 0.465 e.